The lowest BCUT2D eigenvalue weighted by Crippen LogP contribution is -2.50. The molecule has 3 nitrogen and oxygen atoms in total. The van der Waals surface area contributed by atoms with Gasteiger partial charge < -0.3 is 4.90 Å². The highest BCUT2D eigenvalue weighted by molar-refractivity contribution is 7.97. The van der Waals surface area contributed by atoms with E-state index in [9.17, 15) is 18.0 Å². The predicted molar refractivity (Wildman–Crippen MR) is 119 cm³/mol. The average Bonchev–Trinajstić information content (AvgIpc) is 3.01. The van der Waals surface area contributed by atoms with E-state index in [1.807, 2.05) is 13.0 Å². The summed E-state index contributed by atoms with van der Waals surface area (Å²) in [5, 5.41) is 0. The molecule has 1 aliphatic heterocycles. The van der Waals surface area contributed by atoms with Crippen LogP contribution in [-0.4, -0.2) is 47.3 Å². The summed E-state index contributed by atoms with van der Waals surface area (Å²) in [7, 11) is 0. The van der Waals surface area contributed by atoms with Crippen molar-refractivity contribution in [2.45, 2.75) is 50.4 Å². The third-order valence-corrected chi connectivity index (χ3v) is 6.99. The first kappa shape index (κ1) is 23.1. The van der Waals surface area contributed by atoms with E-state index in [1.165, 1.54) is 0 Å². The van der Waals surface area contributed by atoms with Crippen LogP contribution >= 0.6 is 11.9 Å². The normalized spacial score (nSPS) is 26.7. The first-order chi connectivity index (χ1) is 15.3. The van der Waals surface area contributed by atoms with Crippen molar-refractivity contribution < 1.29 is 22.4 Å². The maximum atomic E-state index is 15.4. The Balaban J connectivity index is 1.65. The Kier molecular flexibility index (Phi) is 6.81. The molecule has 1 amide bonds. The molecule has 1 saturated carbocycles. The van der Waals surface area contributed by atoms with E-state index in [2.05, 4.69) is 4.72 Å². The van der Waals surface area contributed by atoms with Crippen LogP contribution in [0, 0.1) is 11.7 Å². The summed E-state index contributed by atoms with van der Waals surface area (Å²) in [5.74, 6) is -4.13. The molecular weight excluding hydrogens is 440 g/mol. The topological polar surface area (TPSA) is 32.3 Å². The van der Waals surface area contributed by atoms with Crippen LogP contribution in [0.5, 0.6) is 0 Å². The highest BCUT2D eigenvalue weighted by Gasteiger charge is 2.57. The third kappa shape index (κ3) is 4.53. The van der Waals surface area contributed by atoms with Crippen molar-refractivity contribution in [3.63, 3.8) is 0 Å². The molecule has 2 aromatic rings. The van der Waals surface area contributed by atoms with Gasteiger partial charge in [-0.25, -0.2) is 17.6 Å². The summed E-state index contributed by atoms with van der Waals surface area (Å²) in [6.07, 6.45) is -0.989. The molecule has 0 aromatic heterocycles. The number of nitrogens with one attached hydrogen (secondary N) is 1. The van der Waals surface area contributed by atoms with Crippen molar-refractivity contribution in [3.8, 4) is 11.1 Å². The molecule has 0 unspecified atom stereocenters. The van der Waals surface area contributed by atoms with E-state index in [1.54, 1.807) is 42.5 Å². The molecule has 2 atom stereocenters. The van der Waals surface area contributed by atoms with Crippen LogP contribution in [0.15, 0.2) is 48.5 Å². The van der Waals surface area contributed by atoms with E-state index >= 15 is 4.39 Å². The number of rotatable bonds is 7. The molecule has 0 radical (unpaired) electrons. The van der Waals surface area contributed by atoms with Gasteiger partial charge in [-0.05, 0) is 30.4 Å². The number of carbonyl (C=O) groups is 1. The summed E-state index contributed by atoms with van der Waals surface area (Å²) in [6.45, 7) is 1.09. The monoisotopic (exact) mass is 466 g/mol. The fourth-order valence-electron chi connectivity index (χ4n) is 4.50. The third-order valence-electron chi connectivity index (χ3n) is 6.28. The van der Waals surface area contributed by atoms with Crippen molar-refractivity contribution in [3.05, 3.63) is 59.9 Å². The Hall–Kier alpha value is -2.06. The summed E-state index contributed by atoms with van der Waals surface area (Å²) < 4.78 is 61.5. The lowest BCUT2D eigenvalue weighted by molar-refractivity contribution is -0.142. The number of benzene rings is 2. The van der Waals surface area contributed by atoms with Crippen LogP contribution in [0.1, 0.15) is 25.3 Å². The van der Waals surface area contributed by atoms with Crippen molar-refractivity contribution in [1.29, 1.82) is 0 Å². The molecule has 0 bridgehead atoms. The number of amides is 1. The minimum absolute atomic E-state index is 0.0540. The van der Waals surface area contributed by atoms with Gasteiger partial charge >= 0.3 is 0 Å². The van der Waals surface area contributed by atoms with Gasteiger partial charge in [0.15, 0.2) is 0 Å². The smallest absolute Gasteiger partial charge is 0.283 e. The number of nitrogens with zero attached hydrogens (tertiary/aromatic N) is 1. The Morgan fingerprint density at radius 1 is 1.16 bits per heavy atom. The van der Waals surface area contributed by atoms with Crippen molar-refractivity contribution in [2.75, 3.05) is 12.3 Å². The van der Waals surface area contributed by atoms with E-state index in [0.717, 1.165) is 16.8 Å². The van der Waals surface area contributed by atoms with Crippen LogP contribution < -0.4 is 4.72 Å². The second-order valence-corrected chi connectivity index (χ2v) is 9.54. The molecule has 2 aromatic carbocycles. The zero-order valence-electron chi connectivity index (χ0n) is 17.7. The maximum absolute atomic E-state index is 15.4. The van der Waals surface area contributed by atoms with Crippen LogP contribution in [0.3, 0.4) is 0 Å². The van der Waals surface area contributed by atoms with Gasteiger partial charge in [-0.2, -0.15) is 0 Å². The second kappa shape index (κ2) is 9.43. The quantitative estimate of drug-likeness (QED) is 0.447. The molecule has 1 aliphatic carbocycles. The summed E-state index contributed by atoms with van der Waals surface area (Å²) in [4.78, 5) is 14.1. The van der Waals surface area contributed by atoms with Gasteiger partial charge in [0.05, 0.1) is 12.6 Å². The highest BCUT2D eigenvalue weighted by Crippen LogP contribution is 2.40. The first-order valence-corrected chi connectivity index (χ1v) is 11.8. The number of halogens is 4. The van der Waals surface area contributed by atoms with Crippen molar-refractivity contribution in [1.82, 2.24) is 9.62 Å². The van der Waals surface area contributed by atoms with E-state index in [-0.39, 0.29) is 24.8 Å². The fourth-order valence-corrected chi connectivity index (χ4v) is 5.18. The maximum Gasteiger partial charge on any atom is 0.283 e. The van der Waals surface area contributed by atoms with Gasteiger partial charge in [0, 0.05) is 17.2 Å². The first-order valence-electron chi connectivity index (χ1n) is 10.8. The van der Waals surface area contributed by atoms with Crippen LogP contribution in [0.25, 0.3) is 11.1 Å². The van der Waals surface area contributed by atoms with Gasteiger partial charge in [0.25, 0.3) is 5.92 Å². The summed E-state index contributed by atoms with van der Waals surface area (Å²) in [6, 6.07) is 11.7. The van der Waals surface area contributed by atoms with E-state index in [0.29, 0.717) is 16.9 Å². The fraction of sp³-hybridized carbons (Fsp3) is 0.458. The minimum Gasteiger partial charge on any atom is -0.331 e. The Bertz CT molecular complexity index is 952. The number of hydrogen-bond acceptors (Lipinski definition) is 3. The zero-order chi connectivity index (χ0) is 22.9. The lowest BCUT2D eigenvalue weighted by Gasteiger charge is -2.35. The molecule has 32 heavy (non-hydrogen) atoms. The largest absolute Gasteiger partial charge is 0.331 e. The Morgan fingerprint density at radius 3 is 2.53 bits per heavy atom. The number of carbonyl (C=O) groups excluding carboxylic acids is 1. The number of hydrogen-bond donors (Lipinski definition) is 1. The van der Waals surface area contributed by atoms with E-state index in [4.69, 9.17) is 0 Å². The second-order valence-electron chi connectivity index (χ2n) is 8.44. The van der Waals surface area contributed by atoms with Crippen molar-refractivity contribution >= 4 is 17.9 Å². The average molecular weight is 467 g/mol. The van der Waals surface area contributed by atoms with Gasteiger partial charge in [0.1, 0.15) is 18.0 Å². The molecule has 2 fully saturated rings. The molecule has 1 heterocycles. The Labute approximate surface area is 189 Å². The summed E-state index contributed by atoms with van der Waals surface area (Å²) >= 11 is 1.15. The predicted octanol–water partition coefficient (Wildman–Crippen LogP) is 5.26. The highest BCUT2D eigenvalue weighted by atomic mass is 32.2. The minimum atomic E-state index is -3.17. The molecule has 0 spiro atoms. The Morgan fingerprint density at radius 2 is 1.88 bits per heavy atom. The van der Waals surface area contributed by atoms with Crippen LogP contribution in [0.2, 0.25) is 0 Å². The zero-order valence-corrected chi connectivity index (χ0v) is 18.6. The van der Waals surface area contributed by atoms with Gasteiger partial charge in [-0.15, -0.1) is 0 Å². The molecular formula is C24H26F4N2OS. The number of alkyl halides is 3. The van der Waals surface area contributed by atoms with Crippen LogP contribution in [0.4, 0.5) is 17.6 Å². The number of likely N-dealkylation sites (tertiary alicyclic amines) is 1. The lowest BCUT2D eigenvalue weighted by atomic mass is 9.82. The van der Waals surface area contributed by atoms with E-state index < -0.39 is 48.4 Å². The van der Waals surface area contributed by atoms with Gasteiger partial charge in [-0.1, -0.05) is 67.4 Å². The SMILES string of the molecule is CCSN[C@@H]1[C@H](Cc2cccc(-c3ccccc3)c2F)N(C(=O)C2CC(F)C2)CC1(F)F. The molecule has 4 rings (SSSR count). The van der Waals surface area contributed by atoms with Gasteiger partial charge in [0.2, 0.25) is 5.91 Å². The standard InChI is InChI=1S/C24H26F4N2OS/c1-2-32-29-22-20(30(14-24(22,27)28)23(31)17-11-18(25)12-17)13-16-9-6-10-19(21(16)26)15-7-4-3-5-8-15/h3-10,17-18,20,22,29H,2,11-14H2,1H3/t17?,18?,20-,22+/m0/s1. The molecule has 2 aliphatic rings. The summed E-state index contributed by atoms with van der Waals surface area (Å²) in [5.41, 5.74) is 1.35. The molecule has 1 saturated heterocycles. The van der Waals surface area contributed by atoms with Crippen LogP contribution in [-0.2, 0) is 11.2 Å². The van der Waals surface area contributed by atoms with Crippen molar-refractivity contribution in [2.24, 2.45) is 5.92 Å². The molecule has 1 N–H and O–H groups in total. The van der Waals surface area contributed by atoms with Gasteiger partial charge in [-0.3, -0.25) is 9.52 Å². The molecule has 172 valence electrons. The molecule has 8 heteroatoms.